The van der Waals surface area contributed by atoms with Crippen molar-refractivity contribution in [3.05, 3.63) is 18.1 Å². The van der Waals surface area contributed by atoms with E-state index in [1.165, 1.54) is 5.57 Å². The number of aliphatic hydroxyl groups excluding tert-OH is 1. The van der Waals surface area contributed by atoms with Crippen molar-refractivity contribution in [2.75, 3.05) is 19.8 Å². The number of unbranched alkanes of at least 4 members (excludes halogenated alkanes) is 1. The number of hydrogen-bond donors (Lipinski definition) is 1. The second-order valence-electron chi connectivity index (χ2n) is 2.99. The van der Waals surface area contributed by atoms with Crippen molar-refractivity contribution in [1.29, 1.82) is 0 Å². The Labute approximate surface area is 75.2 Å². The monoisotopic (exact) mass is 171 g/mol. The van der Waals surface area contributed by atoms with Crippen LogP contribution in [0, 0.1) is 6.42 Å². The molecule has 0 aromatic rings. The highest BCUT2D eigenvalue weighted by molar-refractivity contribution is 5.02. The van der Waals surface area contributed by atoms with Gasteiger partial charge in [-0.2, -0.15) is 0 Å². The van der Waals surface area contributed by atoms with Crippen LogP contribution in [0.3, 0.4) is 0 Å². The largest absolute Gasteiger partial charge is 0.396 e. The van der Waals surface area contributed by atoms with Crippen LogP contribution < -0.4 is 0 Å². The summed E-state index contributed by atoms with van der Waals surface area (Å²) in [6.07, 6.45) is 5.84. The van der Waals surface area contributed by atoms with Gasteiger partial charge in [0.1, 0.15) is 0 Å². The summed E-state index contributed by atoms with van der Waals surface area (Å²) in [4.78, 5) is 0. The average Bonchev–Trinajstić information content (AvgIpc) is 2.02. The van der Waals surface area contributed by atoms with E-state index in [1.54, 1.807) is 0 Å². The fourth-order valence-electron chi connectivity index (χ4n) is 0.751. The molecule has 0 fully saturated rings. The second kappa shape index (κ2) is 8.75. The molecular formula is C10H19O2. The maximum absolute atomic E-state index is 8.47. The molecule has 0 amide bonds. The Balaban J connectivity index is 2.96. The summed E-state index contributed by atoms with van der Waals surface area (Å²) in [5.41, 5.74) is 1.29. The Kier molecular flexibility index (Phi) is 8.51. The van der Waals surface area contributed by atoms with E-state index in [0.717, 1.165) is 19.4 Å². The van der Waals surface area contributed by atoms with Crippen LogP contribution in [-0.2, 0) is 4.74 Å². The minimum Gasteiger partial charge on any atom is -0.396 e. The molecule has 0 aliphatic carbocycles. The Morgan fingerprint density at radius 3 is 2.67 bits per heavy atom. The summed E-state index contributed by atoms with van der Waals surface area (Å²) in [6, 6.07) is 0. The van der Waals surface area contributed by atoms with Crippen molar-refractivity contribution in [2.24, 2.45) is 0 Å². The molecular weight excluding hydrogens is 152 g/mol. The van der Waals surface area contributed by atoms with Gasteiger partial charge in [-0.05, 0) is 26.7 Å². The fraction of sp³-hybridized carbons (Fsp3) is 0.700. The normalized spacial score (nSPS) is 9.92. The molecule has 0 bridgehead atoms. The van der Waals surface area contributed by atoms with Crippen molar-refractivity contribution in [2.45, 2.75) is 26.7 Å². The molecule has 0 aliphatic heterocycles. The van der Waals surface area contributed by atoms with Crippen molar-refractivity contribution in [1.82, 2.24) is 0 Å². The predicted molar refractivity (Wildman–Crippen MR) is 50.9 cm³/mol. The van der Waals surface area contributed by atoms with Gasteiger partial charge in [-0.3, -0.25) is 0 Å². The van der Waals surface area contributed by atoms with Crippen LogP contribution in [0.4, 0.5) is 0 Å². The van der Waals surface area contributed by atoms with Crippen molar-refractivity contribution < 1.29 is 9.84 Å². The molecule has 12 heavy (non-hydrogen) atoms. The third-order valence-corrected chi connectivity index (χ3v) is 1.36. The van der Waals surface area contributed by atoms with Crippen molar-refractivity contribution in [3.8, 4) is 0 Å². The quantitative estimate of drug-likeness (QED) is 0.593. The lowest BCUT2D eigenvalue weighted by Gasteiger charge is -2.00. The van der Waals surface area contributed by atoms with Crippen molar-refractivity contribution in [3.63, 3.8) is 0 Å². The zero-order valence-electron chi connectivity index (χ0n) is 8.05. The van der Waals surface area contributed by atoms with E-state index >= 15 is 0 Å². The first kappa shape index (κ1) is 11.7. The SMILES string of the molecule is CC(C)=C[CH]COCCCCO. The third-order valence-electron chi connectivity index (χ3n) is 1.36. The Bertz CT molecular complexity index is 115. The van der Waals surface area contributed by atoms with E-state index in [-0.39, 0.29) is 6.61 Å². The zero-order chi connectivity index (χ0) is 9.23. The number of aliphatic hydroxyl groups is 1. The molecule has 2 heteroatoms. The summed E-state index contributed by atoms with van der Waals surface area (Å²) >= 11 is 0. The summed E-state index contributed by atoms with van der Waals surface area (Å²) in [5.74, 6) is 0. The molecule has 1 radical (unpaired) electrons. The van der Waals surface area contributed by atoms with Crippen LogP contribution in [0.15, 0.2) is 11.6 Å². The van der Waals surface area contributed by atoms with Gasteiger partial charge in [0.2, 0.25) is 0 Å². The Hall–Kier alpha value is -0.340. The lowest BCUT2D eigenvalue weighted by molar-refractivity contribution is 0.145. The number of rotatable bonds is 7. The van der Waals surface area contributed by atoms with E-state index in [1.807, 2.05) is 12.5 Å². The van der Waals surface area contributed by atoms with Gasteiger partial charge >= 0.3 is 0 Å². The first-order valence-electron chi connectivity index (χ1n) is 4.42. The van der Waals surface area contributed by atoms with Crippen LogP contribution in [0.2, 0.25) is 0 Å². The van der Waals surface area contributed by atoms with Crippen LogP contribution in [-0.4, -0.2) is 24.9 Å². The molecule has 0 aromatic heterocycles. The first-order chi connectivity index (χ1) is 5.77. The van der Waals surface area contributed by atoms with Crippen LogP contribution in [0.25, 0.3) is 0 Å². The zero-order valence-corrected chi connectivity index (χ0v) is 8.05. The molecule has 0 spiro atoms. The topological polar surface area (TPSA) is 29.5 Å². The smallest absolute Gasteiger partial charge is 0.0535 e. The third kappa shape index (κ3) is 9.66. The maximum Gasteiger partial charge on any atom is 0.0535 e. The molecule has 0 saturated heterocycles. The molecule has 1 N–H and O–H groups in total. The highest BCUT2D eigenvalue weighted by Crippen LogP contribution is 1.93. The van der Waals surface area contributed by atoms with Gasteiger partial charge in [0, 0.05) is 19.6 Å². The molecule has 0 unspecified atom stereocenters. The lowest BCUT2D eigenvalue weighted by Crippen LogP contribution is -1.97. The van der Waals surface area contributed by atoms with Gasteiger partial charge in [0.05, 0.1) is 6.61 Å². The van der Waals surface area contributed by atoms with Gasteiger partial charge < -0.3 is 9.84 Å². The van der Waals surface area contributed by atoms with Gasteiger partial charge in [0.15, 0.2) is 0 Å². The molecule has 0 atom stereocenters. The molecule has 0 saturated carbocycles. The number of ether oxygens (including phenoxy) is 1. The van der Waals surface area contributed by atoms with Gasteiger partial charge in [-0.25, -0.2) is 0 Å². The number of hydrogen-bond acceptors (Lipinski definition) is 2. The summed E-state index contributed by atoms with van der Waals surface area (Å²) in [5, 5.41) is 8.47. The van der Waals surface area contributed by atoms with E-state index in [2.05, 4.69) is 13.8 Å². The van der Waals surface area contributed by atoms with Gasteiger partial charge in [-0.1, -0.05) is 11.6 Å². The van der Waals surface area contributed by atoms with E-state index in [9.17, 15) is 0 Å². The molecule has 0 heterocycles. The van der Waals surface area contributed by atoms with Gasteiger partial charge in [0.25, 0.3) is 0 Å². The molecule has 71 valence electrons. The van der Waals surface area contributed by atoms with Crippen LogP contribution in [0.1, 0.15) is 26.7 Å². The summed E-state index contributed by atoms with van der Waals surface area (Å²) < 4.78 is 5.27. The Morgan fingerprint density at radius 2 is 2.08 bits per heavy atom. The number of allylic oxidation sites excluding steroid dienone is 1. The van der Waals surface area contributed by atoms with Crippen LogP contribution in [0.5, 0.6) is 0 Å². The lowest BCUT2D eigenvalue weighted by atomic mass is 10.3. The summed E-state index contributed by atoms with van der Waals surface area (Å²) in [7, 11) is 0. The molecule has 0 rings (SSSR count). The first-order valence-corrected chi connectivity index (χ1v) is 4.42. The van der Waals surface area contributed by atoms with E-state index in [0.29, 0.717) is 6.61 Å². The average molecular weight is 171 g/mol. The van der Waals surface area contributed by atoms with Gasteiger partial charge in [-0.15, -0.1) is 0 Å². The highest BCUT2D eigenvalue weighted by atomic mass is 16.5. The second-order valence-corrected chi connectivity index (χ2v) is 2.99. The minimum atomic E-state index is 0.265. The minimum absolute atomic E-state index is 0.265. The van der Waals surface area contributed by atoms with Crippen LogP contribution >= 0.6 is 0 Å². The van der Waals surface area contributed by atoms with E-state index in [4.69, 9.17) is 9.84 Å². The molecule has 0 aromatic carbocycles. The Morgan fingerprint density at radius 1 is 1.33 bits per heavy atom. The molecule has 0 aliphatic rings. The standard InChI is InChI=1S/C10H19O2/c1-10(2)6-5-9-12-8-4-3-7-11/h5-6,11H,3-4,7-9H2,1-2H3. The van der Waals surface area contributed by atoms with E-state index < -0.39 is 0 Å². The highest BCUT2D eigenvalue weighted by Gasteiger charge is 1.87. The maximum atomic E-state index is 8.47. The van der Waals surface area contributed by atoms with Crippen molar-refractivity contribution >= 4 is 0 Å². The fourth-order valence-corrected chi connectivity index (χ4v) is 0.751. The predicted octanol–water partition coefficient (Wildman–Crippen LogP) is 1.95. The molecule has 2 nitrogen and oxygen atoms in total. The summed E-state index contributed by atoms with van der Waals surface area (Å²) in [6.45, 7) is 5.80.